The van der Waals surface area contributed by atoms with Gasteiger partial charge in [-0.1, -0.05) is 11.6 Å². The van der Waals surface area contributed by atoms with E-state index in [4.69, 9.17) is 16.9 Å². The fourth-order valence-electron chi connectivity index (χ4n) is 1.43. The summed E-state index contributed by atoms with van der Waals surface area (Å²) < 4.78 is 0.886. The van der Waals surface area contributed by atoms with Crippen LogP contribution < -0.4 is 0 Å². The first kappa shape index (κ1) is 15.2. The molecule has 0 unspecified atom stereocenters. The maximum Gasteiger partial charge on any atom is 0.191 e. The standard InChI is InChI=1S/C13H12ClNOS2/c1-17-13(18-2)11(7-8-15)12(16)9-3-5-10(14)6-4-9/h3-6H,7H2,1-2H3. The summed E-state index contributed by atoms with van der Waals surface area (Å²) in [7, 11) is 0. The van der Waals surface area contributed by atoms with E-state index in [2.05, 4.69) is 0 Å². The number of carbonyl (C=O) groups is 1. The number of benzene rings is 1. The van der Waals surface area contributed by atoms with Crippen LogP contribution >= 0.6 is 35.1 Å². The number of thioether (sulfide) groups is 2. The molecule has 94 valence electrons. The Morgan fingerprint density at radius 3 is 2.28 bits per heavy atom. The number of Topliss-reactive ketones (excluding diaryl/α,β-unsaturated/α-hetero) is 1. The maximum atomic E-state index is 12.3. The summed E-state index contributed by atoms with van der Waals surface area (Å²) in [5, 5.41) is 9.43. The van der Waals surface area contributed by atoms with Gasteiger partial charge >= 0.3 is 0 Å². The van der Waals surface area contributed by atoms with Crippen LogP contribution in [-0.4, -0.2) is 18.3 Å². The summed E-state index contributed by atoms with van der Waals surface area (Å²) in [6, 6.07) is 8.76. The molecule has 1 aromatic carbocycles. The predicted octanol–water partition coefficient (Wildman–Crippen LogP) is 4.37. The fraction of sp³-hybridized carbons (Fsp3) is 0.231. The van der Waals surface area contributed by atoms with Gasteiger partial charge < -0.3 is 0 Å². The average molecular weight is 298 g/mol. The summed E-state index contributed by atoms with van der Waals surface area (Å²) in [4.78, 5) is 12.3. The van der Waals surface area contributed by atoms with E-state index in [9.17, 15) is 4.79 Å². The molecule has 0 saturated heterocycles. The Morgan fingerprint density at radius 2 is 1.83 bits per heavy atom. The Balaban J connectivity index is 3.15. The molecule has 0 heterocycles. The fourth-order valence-corrected chi connectivity index (χ4v) is 3.04. The molecule has 1 aromatic rings. The second-order valence-electron chi connectivity index (χ2n) is 3.35. The monoisotopic (exact) mass is 297 g/mol. The van der Waals surface area contributed by atoms with Crippen LogP contribution in [0.4, 0.5) is 0 Å². The quantitative estimate of drug-likeness (QED) is 0.597. The molecule has 18 heavy (non-hydrogen) atoms. The number of halogens is 1. The lowest BCUT2D eigenvalue weighted by atomic mass is 10.0. The molecule has 5 heteroatoms. The van der Waals surface area contributed by atoms with Crippen LogP contribution in [-0.2, 0) is 0 Å². The van der Waals surface area contributed by atoms with Crippen molar-refractivity contribution in [1.82, 2.24) is 0 Å². The minimum absolute atomic E-state index is 0.105. The van der Waals surface area contributed by atoms with Gasteiger partial charge in [0.2, 0.25) is 0 Å². The Labute approximate surface area is 120 Å². The molecule has 0 aliphatic heterocycles. The van der Waals surface area contributed by atoms with E-state index >= 15 is 0 Å². The number of hydrogen-bond acceptors (Lipinski definition) is 4. The van der Waals surface area contributed by atoms with E-state index < -0.39 is 0 Å². The molecule has 0 aliphatic rings. The summed E-state index contributed by atoms with van der Waals surface area (Å²) >= 11 is 8.77. The number of nitriles is 1. The Morgan fingerprint density at radius 1 is 1.28 bits per heavy atom. The van der Waals surface area contributed by atoms with Crippen molar-refractivity contribution in [1.29, 1.82) is 5.26 Å². The van der Waals surface area contributed by atoms with Crippen molar-refractivity contribution in [2.45, 2.75) is 6.42 Å². The van der Waals surface area contributed by atoms with Crippen molar-refractivity contribution < 1.29 is 4.79 Å². The van der Waals surface area contributed by atoms with E-state index in [1.807, 2.05) is 18.6 Å². The molecule has 0 saturated carbocycles. The lowest BCUT2D eigenvalue weighted by Crippen LogP contribution is -2.04. The number of rotatable bonds is 5. The second-order valence-corrected chi connectivity index (χ2v) is 5.67. The third kappa shape index (κ3) is 3.81. The molecule has 0 radical (unpaired) electrons. The van der Waals surface area contributed by atoms with E-state index in [0.717, 1.165) is 4.24 Å². The third-order valence-corrected chi connectivity index (χ3v) is 4.74. The highest BCUT2D eigenvalue weighted by Crippen LogP contribution is 2.31. The first-order chi connectivity index (χ1) is 8.63. The SMILES string of the molecule is CSC(SC)=C(CC#N)C(=O)c1ccc(Cl)cc1. The number of hydrogen-bond donors (Lipinski definition) is 0. The molecule has 1 rings (SSSR count). The molecule has 2 nitrogen and oxygen atoms in total. The summed E-state index contributed by atoms with van der Waals surface area (Å²) in [5.41, 5.74) is 1.12. The Kier molecular flexibility index (Phi) is 6.34. The van der Waals surface area contributed by atoms with Gasteiger partial charge in [-0.3, -0.25) is 4.79 Å². The van der Waals surface area contributed by atoms with Gasteiger partial charge in [-0.15, -0.1) is 23.5 Å². The molecule has 0 spiro atoms. The van der Waals surface area contributed by atoms with Crippen LogP contribution in [0.5, 0.6) is 0 Å². The van der Waals surface area contributed by atoms with Crippen molar-refractivity contribution in [2.75, 3.05) is 12.5 Å². The number of carbonyl (C=O) groups excluding carboxylic acids is 1. The number of ketones is 1. The normalized spacial score (nSPS) is 9.67. The zero-order valence-corrected chi connectivity index (χ0v) is 12.5. The third-order valence-electron chi connectivity index (χ3n) is 2.25. The van der Waals surface area contributed by atoms with Gasteiger partial charge in [0.15, 0.2) is 5.78 Å². The van der Waals surface area contributed by atoms with Crippen molar-refractivity contribution >= 4 is 40.9 Å². The largest absolute Gasteiger partial charge is 0.289 e. The summed E-state index contributed by atoms with van der Waals surface area (Å²) in [5.74, 6) is -0.105. The number of nitrogens with zero attached hydrogens (tertiary/aromatic N) is 1. The van der Waals surface area contributed by atoms with Gasteiger partial charge in [-0.2, -0.15) is 5.26 Å². The van der Waals surface area contributed by atoms with Crippen molar-refractivity contribution in [3.05, 3.63) is 44.7 Å². The topological polar surface area (TPSA) is 40.9 Å². The Bertz CT molecular complexity index is 497. The van der Waals surface area contributed by atoms with E-state index in [-0.39, 0.29) is 12.2 Å². The predicted molar refractivity (Wildman–Crippen MR) is 80.1 cm³/mol. The van der Waals surface area contributed by atoms with Crippen molar-refractivity contribution in [3.8, 4) is 6.07 Å². The van der Waals surface area contributed by atoms with Gasteiger partial charge in [0, 0.05) is 20.4 Å². The molecule has 0 atom stereocenters. The van der Waals surface area contributed by atoms with Crippen LogP contribution in [0.1, 0.15) is 16.8 Å². The lowest BCUT2D eigenvalue weighted by Gasteiger charge is -2.08. The van der Waals surface area contributed by atoms with Crippen LogP contribution in [0.15, 0.2) is 34.1 Å². The first-order valence-corrected chi connectivity index (χ1v) is 7.95. The van der Waals surface area contributed by atoms with Crippen LogP contribution in [0.25, 0.3) is 0 Å². The van der Waals surface area contributed by atoms with E-state index in [1.165, 1.54) is 23.5 Å². The van der Waals surface area contributed by atoms with Gasteiger partial charge in [0.1, 0.15) is 0 Å². The van der Waals surface area contributed by atoms with Gasteiger partial charge in [-0.05, 0) is 36.8 Å². The molecule has 0 fully saturated rings. The smallest absolute Gasteiger partial charge is 0.191 e. The number of allylic oxidation sites excluding steroid dienone is 1. The van der Waals surface area contributed by atoms with Gasteiger partial charge in [0.25, 0.3) is 0 Å². The minimum Gasteiger partial charge on any atom is -0.289 e. The molecule has 0 aliphatic carbocycles. The highest BCUT2D eigenvalue weighted by atomic mass is 35.5. The van der Waals surface area contributed by atoms with E-state index in [0.29, 0.717) is 16.2 Å². The second kappa shape index (κ2) is 7.52. The molecule has 0 N–H and O–H groups in total. The van der Waals surface area contributed by atoms with Gasteiger partial charge in [-0.25, -0.2) is 0 Å². The minimum atomic E-state index is -0.105. The zero-order valence-electron chi connectivity index (χ0n) is 10.1. The Hall–Kier alpha value is -0.890. The molecule has 0 aromatic heterocycles. The molecule has 0 amide bonds. The highest BCUT2D eigenvalue weighted by Gasteiger charge is 2.16. The van der Waals surface area contributed by atoms with Crippen LogP contribution in [0.3, 0.4) is 0 Å². The average Bonchev–Trinajstić information content (AvgIpc) is 2.39. The first-order valence-electron chi connectivity index (χ1n) is 5.12. The van der Waals surface area contributed by atoms with E-state index in [1.54, 1.807) is 24.3 Å². The molecule has 0 bridgehead atoms. The summed E-state index contributed by atoms with van der Waals surface area (Å²) in [6.07, 6.45) is 3.93. The van der Waals surface area contributed by atoms with Crippen LogP contribution in [0.2, 0.25) is 5.02 Å². The summed E-state index contributed by atoms with van der Waals surface area (Å²) in [6.45, 7) is 0. The van der Waals surface area contributed by atoms with Crippen LogP contribution in [0, 0.1) is 11.3 Å². The highest BCUT2D eigenvalue weighted by molar-refractivity contribution is 8.21. The zero-order chi connectivity index (χ0) is 13.5. The maximum absolute atomic E-state index is 12.3. The van der Waals surface area contributed by atoms with Gasteiger partial charge in [0.05, 0.1) is 12.5 Å². The van der Waals surface area contributed by atoms with Crippen molar-refractivity contribution in [3.63, 3.8) is 0 Å². The molecular formula is C13H12ClNOS2. The van der Waals surface area contributed by atoms with Crippen molar-refractivity contribution in [2.24, 2.45) is 0 Å². The lowest BCUT2D eigenvalue weighted by molar-refractivity contribution is 0.103. The molecular weight excluding hydrogens is 286 g/mol.